The Bertz CT molecular complexity index is 596. The van der Waals surface area contributed by atoms with Gasteiger partial charge in [-0.05, 0) is 12.1 Å². The smallest absolute Gasteiger partial charge is 0.249 e. The van der Waals surface area contributed by atoms with Crippen molar-refractivity contribution in [3.05, 3.63) is 35.2 Å². The summed E-state index contributed by atoms with van der Waals surface area (Å²) < 4.78 is 5.53. The van der Waals surface area contributed by atoms with Gasteiger partial charge in [0.05, 0.1) is 10.6 Å². The zero-order valence-corrected chi connectivity index (χ0v) is 12.1. The second-order valence-corrected chi connectivity index (χ2v) is 5.08. The van der Waals surface area contributed by atoms with Crippen molar-refractivity contribution in [2.24, 2.45) is 5.92 Å². The molecule has 0 aliphatic heterocycles. The normalized spacial score (nSPS) is 10.8. The molecule has 1 heterocycles. The van der Waals surface area contributed by atoms with Crippen LogP contribution in [0, 0.1) is 5.92 Å². The number of aromatic nitrogens is 2. The summed E-state index contributed by atoms with van der Waals surface area (Å²) in [7, 11) is 0. The zero-order chi connectivity index (χ0) is 14.5. The van der Waals surface area contributed by atoms with Gasteiger partial charge in [0.25, 0.3) is 0 Å². The van der Waals surface area contributed by atoms with Crippen LogP contribution >= 0.6 is 11.6 Å². The molecule has 6 heteroatoms. The fourth-order valence-corrected chi connectivity index (χ4v) is 1.81. The summed E-state index contributed by atoms with van der Waals surface area (Å²) in [5.74, 6) is 0.844. The Kier molecular flexibility index (Phi) is 4.74. The standard InChI is InChI=1S/C14H16ClN3O2/c1-9(2)13(19)16-8-7-12-17-18-14(20-12)10-5-3-4-6-11(10)15/h3-6,9H,7-8H2,1-2H3,(H,16,19). The molecule has 0 atom stereocenters. The van der Waals surface area contributed by atoms with Crippen molar-refractivity contribution >= 4 is 17.5 Å². The van der Waals surface area contributed by atoms with Gasteiger partial charge in [0.2, 0.25) is 17.7 Å². The van der Waals surface area contributed by atoms with E-state index in [9.17, 15) is 4.79 Å². The molecule has 2 aromatic rings. The highest BCUT2D eigenvalue weighted by atomic mass is 35.5. The third-order valence-electron chi connectivity index (χ3n) is 2.73. The molecule has 0 saturated carbocycles. The molecule has 0 bridgehead atoms. The first kappa shape index (κ1) is 14.5. The summed E-state index contributed by atoms with van der Waals surface area (Å²) in [6.45, 7) is 4.16. The largest absolute Gasteiger partial charge is 0.421 e. The Morgan fingerprint density at radius 1 is 1.35 bits per heavy atom. The first-order valence-electron chi connectivity index (χ1n) is 6.43. The summed E-state index contributed by atoms with van der Waals surface area (Å²) in [5.41, 5.74) is 0.708. The van der Waals surface area contributed by atoms with Crippen LogP contribution in [0.2, 0.25) is 5.02 Å². The lowest BCUT2D eigenvalue weighted by Gasteiger charge is -2.05. The lowest BCUT2D eigenvalue weighted by molar-refractivity contribution is -0.123. The van der Waals surface area contributed by atoms with E-state index in [1.807, 2.05) is 32.0 Å². The Morgan fingerprint density at radius 2 is 2.10 bits per heavy atom. The van der Waals surface area contributed by atoms with Crippen LogP contribution in [-0.2, 0) is 11.2 Å². The monoisotopic (exact) mass is 293 g/mol. The second-order valence-electron chi connectivity index (χ2n) is 4.68. The average Bonchev–Trinajstić information content (AvgIpc) is 2.87. The van der Waals surface area contributed by atoms with Gasteiger partial charge in [-0.15, -0.1) is 10.2 Å². The van der Waals surface area contributed by atoms with Crippen LogP contribution in [0.5, 0.6) is 0 Å². The van der Waals surface area contributed by atoms with Gasteiger partial charge in [0, 0.05) is 18.9 Å². The zero-order valence-electron chi connectivity index (χ0n) is 11.4. The summed E-state index contributed by atoms with van der Waals surface area (Å²) in [6.07, 6.45) is 0.496. The third kappa shape index (κ3) is 3.57. The summed E-state index contributed by atoms with van der Waals surface area (Å²) >= 11 is 6.06. The van der Waals surface area contributed by atoms with Gasteiger partial charge in [-0.2, -0.15) is 0 Å². The van der Waals surface area contributed by atoms with Gasteiger partial charge < -0.3 is 9.73 Å². The van der Waals surface area contributed by atoms with Crippen LogP contribution < -0.4 is 5.32 Å². The molecule has 0 aliphatic carbocycles. The minimum Gasteiger partial charge on any atom is -0.421 e. The van der Waals surface area contributed by atoms with Gasteiger partial charge in [-0.3, -0.25) is 4.79 Å². The highest BCUT2D eigenvalue weighted by molar-refractivity contribution is 6.33. The predicted octanol–water partition coefficient (Wildman–Crippen LogP) is 2.70. The Hall–Kier alpha value is -1.88. The lowest BCUT2D eigenvalue weighted by atomic mass is 10.2. The number of hydrogen-bond donors (Lipinski definition) is 1. The van der Waals surface area contributed by atoms with E-state index < -0.39 is 0 Å². The van der Waals surface area contributed by atoms with Crippen LogP contribution in [0.4, 0.5) is 0 Å². The maximum atomic E-state index is 11.4. The van der Waals surface area contributed by atoms with Crippen LogP contribution in [0.3, 0.4) is 0 Å². The van der Waals surface area contributed by atoms with Crippen LogP contribution in [-0.4, -0.2) is 22.6 Å². The molecular weight excluding hydrogens is 278 g/mol. The first-order valence-corrected chi connectivity index (χ1v) is 6.80. The third-order valence-corrected chi connectivity index (χ3v) is 3.06. The van der Waals surface area contributed by atoms with Crippen molar-refractivity contribution in [3.8, 4) is 11.5 Å². The molecule has 1 aromatic heterocycles. The SMILES string of the molecule is CC(C)C(=O)NCCc1nnc(-c2ccccc2Cl)o1. The quantitative estimate of drug-likeness (QED) is 0.920. The Labute approximate surface area is 122 Å². The van der Waals surface area contributed by atoms with Gasteiger partial charge in [0.15, 0.2) is 0 Å². The van der Waals surface area contributed by atoms with E-state index >= 15 is 0 Å². The molecule has 1 amide bonds. The molecule has 0 saturated heterocycles. The van der Waals surface area contributed by atoms with Crippen molar-refractivity contribution in [3.63, 3.8) is 0 Å². The number of nitrogens with one attached hydrogen (secondary N) is 1. The maximum Gasteiger partial charge on any atom is 0.249 e. The number of nitrogens with zero attached hydrogens (tertiary/aromatic N) is 2. The van der Waals surface area contributed by atoms with E-state index in [4.69, 9.17) is 16.0 Å². The minimum absolute atomic E-state index is 0.0100. The first-order chi connectivity index (χ1) is 9.58. The summed E-state index contributed by atoms with van der Waals surface area (Å²) in [4.78, 5) is 11.4. The van der Waals surface area contributed by atoms with Crippen LogP contribution in [0.1, 0.15) is 19.7 Å². The number of amides is 1. The van der Waals surface area contributed by atoms with Crippen molar-refractivity contribution in [1.29, 1.82) is 0 Å². The van der Waals surface area contributed by atoms with Crippen molar-refractivity contribution in [2.75, 3.05) is 6.54 Å². The van der Waals surface area contributed by atoms with Gasteiger partial charge in [-0.1, -0.05) is 37.6 Å². The van der Waals surface area contributed by atoms with E-state index in [-0.39, 0.29) is 11.8 Å². The molecule has 0 unspecified atom stereocenters. The van der Waals surface area contributed by atoms with E-state index in [0.717, 1.165) is 0 Å². The molecule has 1 aromatic carbocycles. The molecule has 0 aliphatic rings. The lowest BCUT2D eigenvalue weighted by Crippen LogP contribution is -2.29. The van der Waals surface area contributed by atoms with E-state index in [0.29, 0.717) is 35.3 Å². The number of rotatable bonds is 5. The maximum absolute atomic E-state index is 11.4. The predicted molar refractivity (Wildman–Crippen MR) is 76.3 cm³/mol. The van der Waals surface area contributed by atoms with Gasteiger partial charge >= 0.3 is 0 Å². The number of halogens is 1. The van der Waals surface area contributed by atoms with Crippen molar-refractivity contribution in [2.45, 2.75) is 20.3 Å². The number of benzene rings is 1. The highest BCUT2D eigenvalue weighted by Gasteiger charge is 2.12. The van der Waals surface area contributed by atoms with Gasteiger partial charge in [-0.25, -0.2) is 0 Å². The summed E-state index contributed by atoms with van der Waals surface area (Å²) in [5, 5.41) is 11.3. The molecule has 5 nitrogen and oxygen atoms in total. The second kappa shape index (κ2) is 6.52. The molecule has 0 radical (unpaired) electrons. The molecule has 0 spiro atoms. The fourth-order valence-electron chi connectivity index (χ4n) is 1.59. The number of hydrogen-bond acceptors (Lipinski definition) is 4. The van der Waals surface area contributed by atoms with E-state index in [1.54, 1.807) is 6.07 Å². The van der Waals surface area contributed by atoms with Crippen LogP contribution in [0.15, 0.2) is 28.7 Å². The highest BCUT2D eigenvalue weighted by Crippen LogP contribution is 2.26. The molecule has 106 valence electrons. The average molecular weight is 294 g/mol. The number of carbonyl (C=O) groups excluding carboxylic acids is 1. The molecule has 0 fully saturated rings. The molecule has 1 N–H and O–H groups in total. The minimum atomic E-state index is -0.0311. The fraction of sp³-hybridized carbons (Fsp3) is 0.357. The Morgan fingerprint density at radius 3 is 2.80 bits per heavy atom. The van der Waals surface area contributed by atoms with E-state index in [2.05, 4.69) is 15.5 Å². The molecule has 20 heavy (non-hydrogen) atoms. The van der Waals surface area contributed by atoms with Crippen LogP contribution in [0.25, 0.3) is 11.5 Å². The molecular formula is C14H16ClN3O2. The Balaban J connectivity index is 1.96. The topological polar surface area (TPSA) is 68.0 Å². The molecule has 2 rings (SSSR count). The van der Waals surface area contributed by atoms with E-state index in [1.165, 1.54) is 0 Å². The van der Waals surface area contributed by atoms with Gasteiger partial charge in [0.1, 0.15) is 0 Å². The van der Waals surface area contributed by atoms with Crippen molar-refractivity contribution < 1.29 is 9.21 Å². The van der Waals surface area contributed by atoms with Crippen molar-refractivity contribution in [1.82, 2.24) is 15.5 Å². The summed E-state index contributed by atoms with van der Waals surface area (Å²) in [6, 6.07) is 7.28. The number of carbonyl (C=O) groups is 1.